The zero-order valence-corrected chi connectivity index (χ0v) is 23.5. The third-order valence-corrected chi connectivity index (χ3v) is 8.67. The fourth-order valence-electron chi connectivity index (χ4n) is 6.04. The lowest BCUT2D eigenvalue weighted by atomic mass is 9.71. The molecule has 1 aromatic carbocycles. The molecule has 0 radical (unpaired) electrons. The first-order chi connectivity index (χ1) is 19.6. The largest absolute Gasteiger partial charge is 0.375 e. The number of piperidine rings is 1. The van der Waals surface area contributed by atoms with Crippen LogP contribution in [0.4, 0.5) is 4.39 Å². The van der Waals surface area contributed by atoms with Crippen LogP contribution in [-0.2, 0) is 11.8 Å². The van der Waals surface area contributed by atoms with Crippen LogP contribution >= 0.6 is 11.6 Å². The van der Waals surface area contributed by atoms with Gasteiger partial charge in [0.2, 0.25) is 5.89 Å². The van der Waals surface area contributed by atoms with Gasteiger partial charge < -0.3 is 9.42 Å². The fourth-order valence-corrected chi connectivity index (χ4v) is 6.16. The van der Waals surface area contributed by atoms with Gasteiger partial charge in [-0.15, -0.1) is 0 Å². The van der Waals surface area contributed by atoms with Crippen LogP contribution in [0.5, 0.6) is 0 Å². The van der Waals surface area contributed by atoms with E-state index in [1.807, 2.05) is 30.3 Å². The van der Waals surface area contributed by atoms with Gasteiger partial charge in [-0.1, -0.05) is 82.6 Å². The molecule has 6 rings (SSSR count). The van der Waals surface area contributed by atoms with E-state index < -0.39 is 0 Å². The predicted molar refractivity (Wildman–Crippen MR) is 159 cm³/mol. The number of nitrogens with zero attached hydrogens (tertiary/aromatic N) is 3. The van der Waals surface area contributed by atoms with E-state index >= 15 is 0 Å². The second-order valence-electron chi connectivity index (χ2n) is 11.1. The molecule has 2 aromatic rings. The van der Waals surface area contributed by atoms with Gasteiger partial charge in [-0.05, 0) is 86.8 Å². The smallest absolute Gasteiger partial charge is 0.231 e. The summed E-state index contributed by atoms with van der Waals surface area (Å²) in [6.07, 6.45) is 26.6. The van der Waals surface area contributed by atoms with Gasteiger partial charge in [0.05, 0.1) is 11.8 Å². The van der Waals surface area contributed by atoms with E-state index in [1.54, 1.807) is 17.7 Å². The van der Waals surface area contributed by atoms with Crippen LogP contribution in [0.2, 0.25) is 5.02 Å². The van der Waals surface area contributed by atoms with Crippen molar-refractivity contribution in [2.24, 2.45) is 0 Å². The van der Waals surface area contributed by atoms with Crippen molar-refractivity contribution >= 4 is 11.6 Å². The highest BCUT2D eigenvalue weighted by Crippen LogP contribution is 2.45. The van der Waals surface area contributed by atoms with Crippen LogP contribution in [0.1, 0.15) is 68.6 Å². The van der Waals surface area contributed by atoms with E-state index in [0.29, 0.717) is 18.7 Å². The van der Waals surface area contributed by atoms with Crippen molar-refractivity contribution in [1.29, 1.82) is 0 Å². The van der Waals surface area contributed by atoms with E-state index in [9.17, 15) is 4.39 Å². The number of aromatic nitrogens is 2. The third kappa shape index (κ3) is 6.15. The monoisotopic (exact) mass is 555 g/mol. The maximum atomic E-state index is 13.7. The molecule has 206 valence electrons. The van der Waals surface area contributed by atoms with Crippen LogP contribution in [0.3, 0.4) is 0 Å². The van der Waals surface area contributed by atoms with E-state index in [-0.39, 0.29) is 11.2 Å². The van der Waals surface area contributed by atoms with E-state index in [2.05, 4.69) is 46.5 Å². The maximum Gasteiger partial charge on any atom is 0.231 e. The minimum absolute atomic E-state index is 0.144. The Morgan fingerprint density at radius 3 is 2.60 bits per heavy atom. The number of likely N-dealkylation sites (tertiary alicyclic amines) is 1. The molecule has 3 aliphatic carbocycles. The summed E-state index contributed by atoms with van der Waals surface area (Å²) in [7, 11) is 0. The molecule has 0 unspecified atom stereocenters. The SMILES string of the molecule is FC1=CCC=C(CCC(=C2CC2)N2CCC(C3=CCC=CC=C3)(c3noc(Cc4ccc(Cl)cc4)n3)CC2)C=C1. The summed E-state index contributed by atoms with van der Waals surface area (Å²) < 4.78 is 19.5. The van der Waals surface area contributed by atoms with Crippen LogP contribution in [-0.4, -0.2) is 28.1 Å². The lowest BCUT2D eigenvalue weighted by Gasteiger charge is -2.42. The second-order valence-corrected chi connectivity index (χ2v) is 11.5. The summed E-state index contributed by atoms with van der Waals surface area (Å²) in [5.41, 5.74) is 6.38. The van der Waals surface area contributed by atoms with Gasteiger partial charge >= 0.3 is 0 Å². The Hall–Kier alpha value is -3.44. The molecule has 0 atom stereocenters. The molecule has 40 heavy (non-hydrogen) atoms. The van der Waals surface area contributed by atoms with Crippen LogP contribution < -0.4 is 0 Å². The zero-order valence-electron chi connectivity index (χ0n) is 22.8. The van der Waals surface area contributed by atoms with Crippen LogP contribution in [0.25, 0.3) is 0 Å². The Morgan fingerprint density at radius 2 is 1.80 bits per heavy atom. The van der Waals surface area contributed by atoms with Gasteiger partial charge in [0.15, 0.2) is 5.82 Å². The zero-order chi connectivity index (χ0) is 27.4. The van der Waals surface area contributed by atoms with Crippen molar-refractivity contribution in [3.63, 3.8) is 0 Å². The molecule has 0 amide bonds. The first-order valence-electron chi connectivity index (χ1n) is 14.4. The predicted octanol–water partition coefficient (Wildman–Crippen LogP) is 8.66. The van der Waals surface area contributed by atoms with Gasteiger partial charge in [0.1, 0.15) is 5.83 Å². The normalized spacial score (nSPS) is 20.0. The molecule has 1 aromatic heterocycles. The average Bonchev–Trinajstić information content (AvgIpc) is 3.78. The van der Waals surface area contributed by atoms with Crippen LogP contribution in [0.15, 0.2) is 112 Å². The van der Waals surface area contributed by atoms with Crippen molar-refractivity contribution in [3.05, 3.63) is 129 Å². The Kier molecular flexibility index (Phi) is 8.01. The summed E-state index contributed by atoms with van der Waals surface area (Å²) >= 11 is 6.07. The molecule has 2 heterocycles. The average molecular weight is 556 g/mol. The quantitative estimate of drug-likeness (QED) is 0.327. The molecule has 0 spiro atoms. The standard InChI is InChI=1S/C34H35ClFN3O/c35-29-16-10-26(11-17-29)24-32-37-33(38-40-32)34(28-7-3-1-2-4-8-28)20-22-39(23-21-34)31(27-14-15-27)19-13-25-6-5-9-30(36)18-12-25/h1-3,6-12,16-18H,4-5,13-15,19-24H2. The van der Waals surface area contributed by atoms with Crippen molar-refractivity contribution in [2.45, 2.75) is 63.2 Å². The molecular weight excluding hydrogens is 521 g/mol. The Balaban J connectivity index is 1.20. The van der Waals surface area contributed by atoms with Crippen molar-refractivity contribution in [2.75, 3.05) is 13.1 Å². The number of halogens is 2. The first kappa shape index (κ1) is 26.8. The molecule has 2 fully saturated rings. The summed E-state index contributed by atoms with van der Waals surface area (Å²) in [6, 6.07) is 7.79. The van der Waals surface area contributed by atoms with Crippen molar-refractivity contribution < 1.29 is 8.91 Å². The number of rotatable bonds is 8. The Morgan fingerprint density at radius 1 is 0.975 bits per heavy atom. The first-order valence-corrected chi connectivity index (χ1v) is 14.8. The number of benzene rings is 1. The van der Waals surface area contributed by atoms with Gasteiger partial charge in [-0.25, -0.2) is 4.39 Å². The molecule has 0 bridgehead atoms. The van der Waals surface area contributed by atoms with Gasteiger partial charge in [0.25, 0.3) is 0 Å². The van der Waals surface area contributed by atoms with Crippen molar-refractivity contribution in [1.82, 2.24) is 15.0 Å². The lowest BCUT2D eigenvalue weighted by molar-refractivity contribution is 0.203. The van der Waals surface area contributed by atoms with Gasteiger partial charge in [-0.3, -0.25) is 0 Å². The van der Waals surface area contributed by atoms with E-state index in [1.165, 1.54) is 29.7 Å². The molecule has 1 aliphatic heterocycles. The van der Waals surface area contributed by atoms with Crippen LogP contribution in [0, 0.1) is 0 Å². The highest BCUT2D eigenvalue weighted by atomic mass is 35.5. The number of hydrogen-bond acceptors (Lipinski definition) is 4. The minimum atomic E-state index is -0.282. The summed E-state index contributed by atoms with van der Waals surface area (Å²) in [5.74, 6) is 1.28. The molecule has 1 saturated heterocycles. The molecule has 6 heteroatoms. The minimum Gasteiger partial charge on any atom is -0.375 e. The highest BCUT2D eigenvalue weighted by molar-refractivity contribution is 6.30. The molecule has 4 aliphatic rings. The molecule has 1 saturated carbocycles. The summed E-state index contributed by atoms with van der Waals surface area (Å²) in [5, 5.41) is 5.29. The number of allylic oxidation sites excluding steroid dienone is 14. The number of hydrogen-bond donors (Lipinski definition) is 0. The third-order valence-electron chi connectivity index (χ3n) is 8.42. The Bertz CT molecular complexity index is 1440. The summed E-state index contributed by atoms with van der Waals surface area (Å²) in [4.78, 5) is 7.56. The molecule has 0 N–H and O–H groups in total. The fraction of sp³-hybridized carbons (Fsp3) is 0.353. The highest BCUT2D eigenvalue weighted by Gasteiger charge is 2.43. The van der Waals surface area contributed by atoms with Gasteiger partial charge in [-0.2, -0.15) is 4.98 Å². The molecular formula is C34H35ClFN3O. The Labute approximate surface area is 241 Å². The maximum absolute atomic E-state index is 13.7. The van der Waals surface area contributed by atoms with Gasteiger partial charge in [0, 0.05) is 23.8 Å². The van der Waals surface area contributed by atoms with E-state index in [4.69, 9.17) is 21.1 Å². The molecule has 4 nitrogen and oxygen atoms in total. The topological polar surface area (TPSA) is 42.2 Å². The second kappa shape index (κ2) is 12.0. The van der Waals surface area contributed by atoms with Crippen molar-refractivity contribution in [3.8, 4) is 0 Å². The van der Waals surface area contributed by atoms with E-state index in [0.717, 1.165) is 61.6 Å². The lowest BCUT2D eigenvalue weighted by Crippen LogP contribution is -2.44. The summed E-state index contributed by atoms with van der Waals surface area (Å²) in [6.45, 7) is 1.90.